The van der Waals surface area contributed by atoms with Crippen LogP contribution in [-0.2, 0) is 11.0 Å². The third-order valence-electron chi connectivity index (χ3n) is 6.04. The average Bonchev–Trinajstić information content (AvgIpc) is 3.42. The molecule has 2 aromatic heterocycles. The van der Waals surface area contributed by atoms with Gasteiger partial charge in [-0.25, -0.2) is 4.68 Å². The van der Waals surface area contributed by atoms with Gasteiger partial charge in [0.1, 0.15) is 11.8 Å². The van der Waals surface area contributed by atoms with Crippen molar-refractivity contribution in [2.75, 3.05) is 5.32 Å². The van der Waals surface area contributed by atoms with Gasteiger partial charge < -0.3 is 9.73 Å². The molecule has 3 heterocycles. The SMILES string of the molecule is CC(C)c1ccc([C@H]2C3=C(C[C@@H](c4ccco4)CC3=O)Nc3nc(C(F)(F)F)nn32)cc1. The molecule has 3 aromatic rings. The Hall–Kier alpha value is -3.36. The van der Waals surface area contributed by atoms with Crippen LogP contribution in [0, 0.1) is 0 Å². The Morgan fingerprint density at radius 1 is 1.16 bits per heavy atom. The molecular formula is C23H21F3N4O2. The van der Waals surface area contributed by atoms with Crippen molar-refractivity contribution in [1.82, 2.24) is 14.8 Å². The third-order valence-corrected chi connectivity index (χ3v) is 6.04. The molecule has 1 aromatic carbocycles. The molecule has 0 fully saturated rings. The second-order valence-electron chi connectivity index (χ2n) is 8.49. The van der Waals surface area contributed by atoms with E-state index in [0.29, 0.717) is 34.9 Å². The van der Waals surface area contributed by atoms with Gasteiger partial charge in [-0.2, -0.15) is 18.2 Å². The van der Waals surface area contributed by atoms with Gasteiger partial charge in [-0.15, -0.1) is 5.10 Å². The first-order valence-corrected chi connectivity index (χ1v) is 10.4. The molecule has 0 saturated heterocycles. The lowest BCUT2D eigenvalue weighted by Gasteiger charge is -2.34. The van der Waals surface area contributed by atoms with Gasteiger partial charge in [-0.3, -0.25) is 4.79 Å². The molecule has 0 radical (unpaired) electrons. The van der Waals surface area contributed by atoms with Crippen LogP contribution in [0.3, 0.4) is 0 Å². The molecule has 32 heavy (non-hydrogen) atoms. The van der Waals surface area contributed by atoms with Crippen molar-refractivity contribution in [3.8, 4) is 0 Å². The van der Waals surface area contributed by atoms with Crippen molar-refractivity contribution < 1.29 is 22.4 Å². The Kier molecular flexibility index (Phi) is 4.72. The maximum absolute atomic E-state index is 13.4. The fraction of sp³-hybridized carbons (Fsp3) is 0.348. The summed E-state index contributed by atoms with van der Waals surface area (Å²) in [5.74, 6) is -0.624. The van der Waals surface area contributed by atoms with Crippen LogP contribution in [0.2, 0.25) is 0 Å². The van der Waals surface area contributed by atoms with Gasteiger partial charge in [-0.1, -0.05) is 38.1 Å². The average molecular weight is 442 g/mol. The van der Waals surface area contributed by atoms with Crippen LogP contribution in [0.4, 0.5) is 19.1 Å². The smallest absolute Gasteiger partial charge is 0.453 e. The maximum atomic E-state index is 13.4. The molecule has 2 aliphatic rings. The van der Waals surface area contributed by atoms with E-state index >= 15 is 0 Å². The van der Waals surface area contributed by atoms with Crippen molar-refractivity contribution >= 4 is 11.7 Å². The summed E-state index contributed by atoms with van der Waals surface area (Å²) < 4.78 is 46.8. The Morgan fingerprint density at radius 2 is 1.91 bits per heavy atom. The number of furan rings is 1. The molecule has 1 N–H and O–H groups in total. The summed E-state index contributed by atoms with van der Waals surface area (Å²) in [5.41, 5.74) is 2.78. The van der Waals surface area contributed by atoms with Crippen LogP contribution >= 0.6 is 0 Å². The predicted molar refractivity (Wildman–Crippen MR) is 110 cm³/mol. The van der Waals surface area contributed by atoms with E-state index in [0.717, 1.165) is 5.56 Å². The lowest BCUT2D eigenvalue weighted by atomic mass is 9.79. The molecule has 2 atom stereocenters. The molecule has 1 aliphatic heterocycles. The molecular weight excluding hydrogens is 421 g/mol. The van der Waals surface area contributed by atoms with Crippen molar-refractivity contribution in [2.45, 2.75) is 50.7 Å². The van der Waals surface area contributed by atoms with Crippen LogP contribution in [0.1, 0.15) is 67.3 Å². The summed E-state index contributed by atoms with van der Waals surface area (Å²) in [6, 6.07) is 10.3. The molecule has 0 bridgehead atoms. The number of allylic oxidation sites excluding steroid dienone is 2. The maximum Gasteiger partial charge on any atom is 0.453 e. The third kappa shape index (κ3) is 3.41. The zero-order valence-electron chi connectivity index (χ0n) is 17.5. The summed E-state index contributed by atoms with van der Waals surface area (Å²) in [7, 11) is 0. The number of benzene rings is 1. The number of ketones is 1. The number of anilines is 1. The minimum Gasteiger partial charge on any atom is -0.469 e. The van der Waals surface area contributed by atoms with E-state index in [-0.39, 0.29) is 24.1 Å². The van der Waals surface area contributed by atoms with Crippen molar-refractivity contribution in [3.05, 3.63) is 76.6 Å². The number of hydrogen-bond donors (Lipinski definition) is 1. The van der Waals surface area contributed by atoms with Gasteiger partial charge >= 0.3 is 6.18 Å². The molecule has 1 aliphatic carbocycles. The first kappa shape index (κ1) is 20.5. The Bertz CT molecular complexity index is 1190. The van der Waals surface area contributed by atoms with Crippen LogP contribution in [0.25, 0.3) is 0 Å². The zero-order chi connectivity index (χ0) is 22.6. The molecule has 0 spiro atoms. The fourth-order valence-corrected chi connectivity index (χ4v) is 4.43. The molecule has 9 heteroatoms. The molecule has 6 nitrogen and oxygen atoms in total. The number of nitrogens with one attached hydrogen (secondary N) is 1. The first-order valence-electron chi connectivity index (χ1n) is 10.4. The summed E-state index contributed by atoms with van der Waals surface area (Å²) in [6.45, 7) is 4.12. The minimum absolute atomic E-state index is 0.0260. The number of alkyl halides is 3. The summed E-state index contributed by atoms with van der Waals surface area (Å²) in [5, 5.41) is 6.69. The summed E-state index contributed by atoms with van der Waals surface area (Å²) in [6.07, 6.45) is -2.50. The number of hydrogen-bond acceptors (Lipinski definition) is 5. The number of Topliss-reactive ketones (excluding diaryl/α,β-unsaturated/α-hetero) is 1. The minimum atomic E-state index is -4.70. The summed E-state index contributed by atoms with van der Waals surface area (Å²) in [4.78, 5) is 17.0. The highest BCUT2D eigenvalue weighted by Gasteiger charge is 2.43. The fourth-order valence-electron chi connectivity index (χ4n) is 4.43. The van der Waals surface area contributed by atoms with Crippen molar-refractivity contribution in [3.63, 3.8) is 0 Å². The van der Waals surface area contributed by atoms with Crippen LogP contribution in [0.15, 0.2) is 58.3 Å². The number of carbonyl (C=O) groups excluding carboxylic acids is 1. The highest BCUT2D eigenvalue weighted by molar-refractivity contribution is 6.00. The van der Waals surface area contributed by atoms with E-state index in [2.05, 4.69) is 29.2 Å². The first-order chi connectivity index (χ1) is 15.2. The van der Waals surface area contributed by atoms with E-state index in [1.54, 1.807) is 18.4 Å². The second kappa shape index (κ2) is 7.36. The highest BCUT2D eigenvalue weighted by atomic mass is 19.4. The van der Waals surface area contributed by atoms with E-state index in [1.807, 2.05) is 24.3 Å². The molecule has 0 unspecified atom stereocenters. The van der Waals surface area contributed by atoms with Gasteiger partial charge in [-0.05, 0) is 35.6 Å². The van der Waals surface area contributed by atoms with Gasteiger partial charge in [0.2, 0.25) is 5.95 Å². The zero-order valence-corrected chi connectivity index (χ0v) is 17.5. The molecule has 0 amide bonds. The van der Waals surface area contributed by atoms with Crippen LogP contribution in [-0.4, -0.2) is 20.5 Å². The van der Waals surface area contributed by atoms with E-state index < -0.39 is 18.0 Å². The lowest BCUT2D eigenvalue weighted by molar-refractivity contribution is -0.145. The van der Waals surface area contributed by atoms with Crippen molar-refractivity contribution in [1.29, 1.82) is 0 Å². The van der Waals surface area contributed by atoms with Crippen molar-refractivity contribution in [2.24, 2.45) is 0 Å². The second-order valence-corrected chi connectivity index (χ2v) is 8.49. The standard InChI is InChI=1S/C23H21F3N4O2/c1-12(2)13-5-7-14(8-6-13)20-19-16(10-15(11-17(19)31)18-4-3-9-32-18)27-22-28-21(23(24,25)26)29-30(20)22/h3-9,12,15,20H,10-11H2,1-2H3,(H,27,28,29)/t15-,20+/m1/s1. The number of aromatic nitrogens is 3. The Labute approximate surface area is 182 Å². The largest absolute Gasteiger partial charge is 0.469 e. The Balaban J connectivity index is 1.63. The molecule has 166 valence electrons. The van der Waals surface area contributed by atoms with Crippen LogP contribution < -0.4 is 5.32 Å². The monoisotopic (exact) mass is 442 g/mol. The Morgan fingerprint density at radius 3 is 2.53 bits per heavy atom. The van der Waals surface area contributed by atoms with E-state index in [4.69, 9.17) is 4.42 Å². The number of carbonyl (C=O) groups is 1. The topological polar surface area (TPSA) is 73.0 Å². The van der Waals surface area contributed by atoms with Gasteiger partial charge in [0.15, 0.2) is 5.78 Å². The quantitative estimate of drug-likeness (QED) is 0.586. The van der Waals surface area contributed by atoms with E-state index in [9.17, 15) is 18.0 Å². The van der Waals surface area contributed by atoms with E-state index in [1.165, 1.54) is 4.68 Å². The lowest BCUT2D eigenvalue weighted by Crippen LogP contribution is -2.33. The van der Waals surface area contributed by atoms with Gasteiger partial charge in [0.25, 0.3) is 5.82 Å². The molecule has 5 rings (SSSR count). The van der Waals surface area contributed by atoms with Gasteiger partial charge in [0, 0.05) is 23.6 Å². The highest BCUT2D eigenvalue weighted by Crippen LogP contribution is 2.45. The summed E-state index contributed by atoms with van der Waals surface area (Å²) >= 11 is 0. The number of fused-ring (bicyclic) bond motifs is 1. The number of nitrogens with zero attached hydrogens (tertiary/aromatic N) is 3. The van der Waals surface area contributed by atoms with Gasteiger partial charge in [0.05, 0.1) is 6.26 Å². The normalized spacial score (nSPS) is 20.9. The number of halogens is 3. The van der Waals surface area contributed by atoms with Crippen LogP contribution in [0.5, 0.6) is 0 Å². The number of rotatable bonds is 3. The molecule has 0 saturated carbocycles. The predicted octanol–water partition coefficient (Wildman–Crippen LogP) is 5.43.